The van der Waals surface area contributed by atoms with Gasteiger partial charge in [0, 0.05) is 31.9 Å². The molecule has 13 heteroatoms. The van der Waals surface area contributed by atoms with Crippen molar-refractivity contribution in [3.8, 4) is 0 Å². The smallest absolute Gasteiger partial charge is 0.382 e. The number of hydrogen-bond donors (Lipinski definition) is 2. The molecule has 0 radical (unpaired) electrons. The molecule has 0 saturated carbocycles. The molecule has 33 heavy (non-hydrogen) atoms. The SMILES string of the molecule is CCOCC.FB(F)F.Fc1cccc2c1CNC2.O=C1NC(=O)c2c(F)cccc21.[BH4-].[Na+]. The van der Waals surface area contributed by atoms with E-state index in [1.165, 1.54) is 18.2 Å². The Morgan fingerprint density at radius 3 is 1.94 bits per heavy atom. The maximum Gasteiger partial charge on any atom is 1.00 e. The van der Waals surface area contributed by atoms with Crippen LogP contribution >= 0.6 is 0 Å². The fourth-order valence-corrected chi connectivity index (χ4v) is 2.67. The fraction of sp³-hybridized carbons (Fsp3) is 0.300. The Bertz CT molecular complexity index is 890. The molecule has 2 heterocycles. The standard InChI is InChI=1S/C8H4FNO2.C8H8FN.C4H10O.BF3.BH4.Na/c9-5-3-1-2-4-6(5)8(12)10-7(4)11;9-8-3-1-2-6-4-10-5-7(6)8;1-3-5-4-2;2-1(3)4;;/h1-3H,(H,10,11,12);1-3,10H,4-5H2;3-4H2,1-2H3;;1H4;/q;;;;-1;+1. The molecule has 0 aliphatic carbocycles. The summed E-state index contributed by atoms with van der Waals surface area (Å²) in [4.78, 5) is 21.9. The molecule has 2 aliphatic rings. The summed E-state index contributed by atoms with van der Waals surface area (Å²) in [5.74, 6) is -1.93. The third kappa shape index (κ3) is 11.3. The number of nitrogens with one attached hydrogen (secondary N) is 2. The van der Waals surface area contributed by atoms with Gasteiger partial charge >= 0.3 is 37.1 Å². The summed E-state index contributed by atoms with van der Waals surface area (Å²) in [6.07, 6.45) is 0. The number of carbonyl (C=O) groups excluding carboxylic acids is 2. The minimum atomic E-state index is -3.67. The molecule has 4 rings (SSSR count). The first-order valence-corrected chi connectivity index (χ1v) is 9.33. The van der Waals surface area contributed by atoms with Gasteiger partial charge < -0.3 is 10.1 Å². The molecule has 2 amide bonds. The predicted octanol–water partition coefficient (Wildman–Crippen LogP) is -0.387. The van der Waals surface area contributed by atoms with E-state index in [-0.39, 0.29) is 54.9 Å². The van der Waals surface area contributed by atoms with Gasteiger partial charge in [-0.15, -0.1) is 0 Å². The monoisotopic (exact) mass is 482 g/mol. The fourth-order valence-electron chi connectivity index (χ4n) is 2.67. The van der Waals surface area contributed by atoms with E-state index < -0.39 is 25.2 Å². The van der Waals surface area contributed by atoms with Crippen molar-refractivity contribution in [1.29, 1.82) is 0 Å². The Balaban J connectivity index is 0. The van der Waals surface area contributed by atoms with E-state index in [4.69, 9.17) is 4.74 Å². The van der Waals surface area contributed by atoms with E-state index in [0.29, 0.717) is 6.54 Å². The minimum Gasteiger partial charge on any atom is -0.382 e. The summed E-state index contributed by atoms with van der Waals surface area (Å²) in [5.41, 5.74) is 1.89. The van der Waals surface area contributed by atoms with Crippen molar-refractivity contribution in [3.63, 3.8) is 0 Å². The Labute approximate surface area is 213 Å². The average Bonchev–Trinajstić information content (AvgIpc) is 3.29. The summed E-state index contributed by atoms with van der Waals surface area (Å²) in [7, 11) is -3.67. The van der Waals surface area contributed by atoms with Crippen LogP contribution in [-0.2, 0) is 17.8 Å². The first kappa shape index (κ1) is 33.5. The molecule has 0 spiro atoms. The van der Waals surface area contributed by atoms with Crippen LogP contribution in [0.15, 0.2) is 36.4 Å². The summed E-state index contributed by atoms with van der Waals surface area (Å²) < 4.78 is 59.6. The zero-order valence-electron chi connectivity index (χ0n) is 18.0. The maximum atomic E-state index is 12.9. The molecule has 176 valence electrons. The van der Waals surface area contributed by atoms with Gasteiger partial charge in [-0.3, -0.25) is 27.9 Å². The maximum absolute atomic E-state index is 12.9. The number of ether oxygens (including phenoxy) is 1. The second-order valence-corrected chi connectivity index (χ2v) is 5.96. The third-order valence-electron chi connectivity index (χ3n) is 3.95. The van der Waals surface area contributed by atoms with E-state index >= 15 is 0 Å². The minimum absolute atomic E-state index is 0. The van der Waals surface area contributed by atoms with Crippen molar-refractivity contribution in [2.75, 3.05) is 13.2 Å². The van der Waals surface area contributed by atoms with Crippen LogP contribution in [0, 0.1) is 11.6 Å². The first-order chi connectivity index (χ1) is 14.7. The van der Waals surface area contributed by atoms with Gasteiger partial charge in [-0.25, -0.2) is 8.78 Å². The van der Waals surface area contributed by atoms with E-state index in [2.05, 4.69) is 5.32 Å². The summed E-state index contributed by atoms with van der Waals surface area (Å²) >= 11 is 0. The molecule has 0 atom stereocenters. The normalized spacial score (nSPS) is 12.0. The van der Waals surface area contributed by atoms with Gasteiger partial charge in [0.25, 0.3) is 11.8 Å². The second-order valence-electron chi connectivity index (χ2n) is 5.96. The van der Waals surface area contributed by atoms with Gasteiger partial charge in [0.15, 0.2) is 0 Å². The van der Waals surface area contributed by atoms with Crippen molar-refractivity contribution in [2.24, 2.45) is 0 Å². The average molecular weight is 482 g/mol. The number of rotatable bonds is 2. The Kier molecular flexibility index (Phi) is 18.0. The largest absolute Gasteiger partial charge is 1.00 e. The summed E-state index contributed by atoms with van der Waals surface area (Å²) in [6.45, 7) is 7.16. The van der Waals surface area contributed by atoms with Crippen LogP contribution in [0.2, 0.25) is 0 Å². The number of halogens is 5. The molecular weight excluding hydrogens is 456 g/mol. The number of imide groups is 1. The zero-order valence-corrected chi connectivity index (χ0v) is 20.0. The van der Waals surface area contributed by atoms with Gasteiger partial charge in [0.05, 0.1) is 11.1 Å². The van der Waals surface area contributed by atoms with Crippen LogP contribution < -0.4 is 40.2 Å². The Morgan fingerprint density at radius 1 is 0.909 bits per heavy atom. The van der Waals surface area contributed by atoms with E-state index in [9.17, 15) is 31.3 Å². The molecule has 2 aromatic carbocycles. The summed E-state index contributed by atoms with van der Waals surface area (Å²) in [5, 5.41) is 5.09. The van der Waals surface area contributed by atoms with Crippen LogP contribution in [0.3, 0.4) is 0 Å². The molecule has 2 aliphatic heterocycles. The number of fused-ring (bicyclic) bond motifs is 2. The quantitative estimate of drug-likeness (QED) is 0.348. The van der Waals surface area contributed by atoms with Crippen molar-refractivity contribution in [1.82, 2.24) is 10.6 Å². The Morgan fingerprint density at radius 2 is 1.45 bits per heavy atom. The molecule has 5 nitrogen and oxygen atoms in total. The van der Waals surface area contributed by atoms with Crippen LogP contribution in [-0.4, -0.2) is 41.0 Å². The molecule has 2 aromatic rings. The van der Waals surface area contributed by atoms with Crippen LogP contribution in [0.1, 0.15) is 45.7 Å². The Hall–Kier alpha value is -1.72. The molecule has 0 unspecified atom stereocenters. The first-order valence-electron chi connectivity index (χ1n) is 9.33. The van der Waals surface area contributed by atoms with Gasteiger partial charge in [0.1, 0.15) is 11.6 Å². The molecule has 0 fully saturated rings. The van der Waals surface area contributed by atoms with Gasteiger partial charge in [-0.05, 0) is 37.6 Å². The zero-order chi connectivity index (χ0) is 23.4. The summed E-state index contributed by atoms with van der Waals surface area (Å²) in [6, 6.07) is 9.17. The number of carbonyl (C=O) groups is 2. The molecule has 0 aromatic heterocycles. The van der Waals surface area contributed by atoms with Crippen LogP contribution in [0.5, 0.6) is 0 Å². The molecule has 0 bridgehead atoms. The van der Waals surface area contributed by atoms with Gasteiger partial charge in [-0.2, -0.15) is 0 Å². The van der Waals surface area contributed by atoms with Crippen molar-refractivity contribution in [2.45, 2.75) is 26.9 Å². The third-order valence-corrected chi connectivity index (χ3v) is 3.95. The number of benzene rings is 2. The van der Waals surface area contributed by atoms with Gasteiger partial charge in [0.2, 0.25) is 0 Å². The van der Waals surface area contributed by atoms with Crippen LogP contribution in [0.4, 0.5) is 21.7 Å². The van der Waals surface area contributed by atoms with Crippen molar-refractivity contribution >= 4 is 27.8 Å². The van der Waals surface area contributed by atoms with Crippen molar-refractivity contribution < 1.29 is 65.6 Å². The van der Waals surface area contributed by atoms with Gasteiger partial charge in [-0.1, -0.05) is 26.6 Å². The molecule has 0 saturated heterocycles. The van der Waals surface area contributed by atoms with Crippen LogP contribution in [0.25, 0.3) is 0 Å². The molecular formula is C20H26B2F5N2NaO3. The predicted molar refractivity (Wildman–Crippen MR) is 118 cm³/mol. The van der Waals surface area contributed by atoms with Crippen molar-refractivity contribution in [3.05, 3.63) is 70.3 Å². The molecule has 2 N–H and O–H groups in total. The van der Waals surface area contributed by atoms with E-state index in [0.717, 1.165) is 37.0 Å². The number of amides is 2. The number of hydrogen-bond acceptors (Lipinski definition) is 4. The second kappa shape index (κ2) is 17.7. The van der Waals surface area contributed by atoms with E-state index in [1.807, 2.05) is 25.2 Å². The topological polar surface area (TPSA) is 67.4 Å². The van der Waals surface area contributed by atoms with E-state index in [1.54, 1.807) is 6.07 Å².